The third-order valence-corrected chi connectivity index (χ3v) is 8.34. The van der Waals surface area contributed by atoms with Crippen molar-refractivity contribution < 1.29 is 28.0 Å². The summed E-state index contributed by atoms with van der Waals surface area (Å²) in [6.45, 7) is 0. The predicted molar refractivity (Wildman–Crippen MR) is 107 cm³/mol. The molecule has 1 aliphatic rings. The molecular formula is C19H19N3O6S2. The highest BCUT2D eigenvalue weighted by molar-refractivity contribution is 7.98. The summed E-state index contributed by atoms with van der Waals surface area (Å²) in [5.74, 6) is -2.37. The summed E-state index contributed by atoms with van der Waals surface area (Å²) in [6.07, 6.45) is 0.182. The first-order valence-corrected chi connectivity index (χ1v) is 11.3. The number of hydroxylamine groups is 1. The van der Waals surface area contributed by atoms with E-state index in [1.165, 1.54) is 36.4 Å². The Morgan fingerprint density at radius 2 is 1.80 bits per heavy atom. The molecule has 9 nitrogen and oxygen atoms in total. The molecule has 1 aliphatic heterocycles. The fraction of sp³-hybridized carbons (Fsp3) is 0.263. The summed E-state index contributed by atoms with van der Waals surface area (Å²) in [5.41, 5.74) is 2.17. The second kappa shape index (κ2) is 8.54. The number of amides is 3. The molecule has 2 aromatic rings. The number of hydrogen-bond acceptors (Lipinski definition) is 8. The van der Waals surface area contributed by atoms with Crippen molar-refractivity contribution in [3.05, 3.63) is 54.4 Å². The Hall–Kier alpha value is -2.76. The maximum absolute atomic E-state index is 13.3. The number of likely N-dealkylation sites (tertiary alicyclic amines) is 1. The Morgan fingerprint density at radius 3 is 2.33 bits per heavy atom. The van der Waals surface area contributed by atoms with E-state index in [9.17, 15) is 22.8 Å². The predicted octanol–water partition coefficient (Wildman–Crippen LogP) is 1.17. The molecule has 1 aromatic carbocycles. The van der Waals surface area contributed by atoms with E-state index in [4.69, 9.17) is 5.21 Å². The van der Waals surface area contributed by atoms with Gasteiger partial charge < -0.3 is 0 Å². The average molecular weight is 450 g/mol. The lowest BCUT2D eigenvalue weighted by Crippen LogP contribution is -2.60. The Labute approximate surface area is 177 Å². The third kappa shape index (κ3) is 3.95. The molecule has 0 aliphatic carbocycles. The first-order chi connectivity index (χ1) is 14.2. The highest BCUT2D eigenvalue weighted by Crippen LogP contribution is 2.37. The zero-order valence-corrected chi connectivity index (χ0v) is 17.6. The number of thioether (sulfide) groups is 1. The number of sulfone groups is 1. The first-order valence-electron chi connectivity index (χ1n) is 8.82. The van der Waals surface area contributed by atoms with Gasteiger partial charge in [-0.3, -0.25) is 29.5 Å². The lowest BCUT2D eigenvalue weighted by Gasteiger charge is -2.36. The molecule has 1 fully saturated rings. The van der Waals surface area contributed by atoms with Crippen molar-refractivity contribution in [1.29, 1.82) is 0 Å². The molecule has 1 saturated heterocycles. The van der Waals surface area contributed by atoms with Crippen molar-refractivity contribution in [2.24, 2.45) is 0 Å². The molecule has 30 heavy (non-hydrogen) atoms. The maximum Gasteiger partial charge on any atom is 0.266 e. The minimum absolute atomic E-state index is 0.224. The summed E-state index contributed by atoms with van der Waals surface area (Å²) >= 11 is 1.45. The number of nitrogens with zero attached hydrogens (tertiary/aromatic N) is 2. The van der Waals surface area contributed by atoms with Crippen LogP contribution in [0.4, 0.5) is 0 Å². The minimum atomic E-state index is -4.47. The minimum Gasteiger partial charge on any atom is -0.289 e. The van der Waals surface area contributed by atoms with Gasteiger partial charge in [0.2, 0.25) is 11.8 Å². The Balaban J connectivity index is 1.89. The van der Waals surface area contributed by atoms with E-state index in [1.54, 1.807) is 18.3 Å². The number of aromatic nitrogens is 1. The van der Waals surface area contributed by atoms with Crippen molar-refractivity contribution in [3.8, 4) is 0 Å². The normalized spacial score (nSPS) is 16.4. The molecule has 158 valence electrons. The van der Waals surface area contributed by atoms with Crippen LogP contribution in [0, 0.1) is 0 Å². The van der Waals surface area contributed by atoms with E-state index in [2.05, 4.69) is 4.98 Å². The topological polar surface area (TPSA) is 134 Å². The zero-order chi connectivity index (χ0) is 21.9. The smallest absolute Gasteiger partial charge is 0.266 e. The number of pyridine rings is 1. The number of hydrogen-bond donors (Lipinski definition) is 2. The van der Waals surface area contributed by atoms with Gasteiger partial charge in [0.15, 0.2) is 14.6 Å². The summed E-state index contributed by atoms with van der Waals surface area (Å²) < 4.78 is 24.2. The average Bonchev–Trinajstić information content (AvgIpc) is 2.76. The van der Waals surface area contributed by atoms with Crippen molar-refractivity contribution in [2.75, 3.05) is 7.05 Å². The van der Waals surface area contributed by atoms with Crippen LogP contribution in [0.15, 0.2) is 58.5 Å². The molecule has 0 unspecified atom stereocenters. The Bertz CT molecular complexity index is 1050. The van der Waals surface area contributed by atoms with E-state index in [-0.39, 0.29) is 4.90 Å². The van der Waals surface area contributed by atoms with Crippen LogP contribution in [-0.4, -0.2) is 53.0 Å². The Kier molecular flexibility index (Phi) is 6.25. The van der Waals surface area contributed by atoms with Gasteiger partial charge in [0, 0.05) is 23.9 Å². The van der Waals surface area contributed by atoms with Crippen molar-refractivity contribution in [1.82, 2.24) is 15.4 Å². The SMILES string of the molecule is CN1C(=O)CC(C(=O)NO)(S(=O)(=O)c2ccc(SCc3ccccn3)cc2)CC1=O. The van der Waals surface area contributed by atoms with Gasteiger partial charge >= 0.3 is 0 Å². The van der Waals surface area contributed by atoms with Crippen LogP contribution in [0.5, 0.6) is 0 Å². The van der Waals surface area contributed by atoms with E-state index < -0.39 is 45.1 Å². The maximum atomic E-state index is 13.3. The van der Waals surface area contributed by atoms with Gasteiger partial charge in [-0.05, 0) is 36.4 Å². The molecular weight excluding hydrogens is 430 g/mol. The van der Waals surface area contributed by atoms with Gasteiger partial charge in [0.1, 0.15) is 0 Å². The molecule has 3 rings (SSSR count). The molecule has 0 saturated carbocycles. The van der Waals surface area contributed by atoms with Crippen LogP contribution < -0.4 is 5.48 Å². The van der Waals surface area contributed by atoms with Gasteiger partial charge in [-0.1, -0.05) is 6.07 Å². The van der Waals surface area contributed by atoms with Gasteiger partial charge in [-0.25, -0.2) is 13.9 Å². The lowest BCUT2D eigenvalue weighted by molar-refractivity contribution is -0.151. The van der Waals surface area contributed by atoms with Gasteiger partial charge in [0.05, 0.1) is 23.4 Å². The molecule has 1 aromatic heterocycles. The van der Waals surface area contributed by atoms with Gasteiger partial charge in [-0.15, -0.1) is 11.8 Å². The molecule has 11 heteroatoms. The summed E-state index contributed by atoms with van der Waals surface area (Å²) in [6, 6.07) is 11.3. The second-order valence-electron chi connectivity index (χ2n) is 6.72. The second-order valence-corrected chi connectivity index (χ2v) is 10.0. The number of carbonyl (C=O) groups is 3. The van der Waals surface area contributed by atoms with Crippen molar-refractivity contribution in [3.63, 3.8) is 0 Å². The summed E-state index contributed by atoms with van der Waals surface area (Å²) in [7, 11) is -3.26. The van der Waals surface area contributed by atoms with E-state index in [1.807, 2.05) is 18.2 Å². The van der Waals surface area contributed by atoms with Crippen molar-refractivity contribution in [2.45, 2.75) is 33.1 Å². The van der Waals surface area contributed by atoms with Crippen LogP contribution >= 0.6 is 11.8 Å². The van der Waals surface area contributed by atoms with Crippen LogP contribution in [0.2, 0.25) is 0 Å². The molecule has 2 heterocycles. The molecule has 0 radical (unpaired) electrons. The summed E-state index contributed by atoms with van der Waals surface area (Å²) in [5, 5.41) is 9.11. The number of nitrogens with one attached hydrogen (secondary N) is 1. The largest absolute Gasteiger partial charge is 0.289 e. The lowest BCUT2D eigenvalue weighted by atomic mass is 9.94. The molecule has 0 spiro atoms. The zero-order valence-electron chi connectivity index (χ0n) is 15.9. The van der Waals surface area contributed by atoms with E-state index >= 15 is 0 Å². The van der Waals surface area contributed by atoms with Gasteiger partial charge in [-0.2, -0.15) is 0 Å². The Morgan fingerprint density at radius 1 is 1.17 bits per heavy atom. The quantitative estimate of drug-likeness (QED) is 0.291. The number of carbonyl (C=O) groups excluding carboxylic acids is 3. The standard InChI is InChI=1S/C19H19N3O6S2/c1-22-16(23)10-19(11-17(22)24,18(25)21-26)30(27,28)15-7-5-14(6-8-15)29-12-13-4-2-3-9-20-13/h2-9,26H,10-12H2,1H3,(H,21,25). The van der Waals surface area contributed by atoms with E-state index in [0.29, 0.717) is 5.75 Å². The third-order valence-electron chi connectivity index (χ3n) is 4.90. The van der Waals surface area contributed by atoms with E-state index in [0.717, 1.165) is 15.5 Å². The highest BCUT2D eigenvalue weighted by atomic mass is 32.2. The number of benzene rings is 1. The van der Waals surface area contributed by atoms with Crippen LogP contribution in [0.3, 0.4) is 0 Å². The molecule has 2 N–H and O–H groups in total. The van der Waals surface area contributed by atoms with Crippen LogP contribution in [0.25, 0.3) is 0 Å². The summed E-state index contributed by atoms with van der Waals surface area (Å²) in [4.78, 5) is 42.2. The molecule has 0 atom stereocenters. The first kappa shape index (κ1) is 21.9. The monoisotopic (exact) mass is 449 g/mol. The number of imide groups is 1. The van der Waals surface area contributed by atoms with Crippen LogP contribution in [0.1, 0.15) is 18.5 Å². The highest BCUT2D eigenvalue weighted by Gasteiger charge is 2.57. The molecule has 3 amide bonds. The van der Waals surface area contributed by atoms with Crippen LogP contribution in [-0.2, 0) is 30.0 Å². The van der Waals surface area contributed by atoms with Gasteiger partial charge in [0.25, 0.3) is 5.91 Å². The number of piperidine rings is 1. The fourth-order valence-corrected chi connectivity index (χ4v) is 5.76. The number of rotatable bonds is 6. The molecule has 0 bridgehead atoms. The van der Waals surface area contributed by atoms with Crippen molar-refractivity contribution >= 4 is 39.3 Å². The fourth-order valence-electron chi connectivity index (χ4n) is 3.08.